The molecule has 1 fully saturated rings. The van der Waals surface area contributed by atoms with Crippen LogP contribution in [0.2, 0.25) is 0 Å². The van der Waals surface area contributed by atoms with Crippen LogP contribution < -0.4 is 14.2 Å². The minimum Gasteiger partial charge on any atom is -0.494 e. The Morgan fingerprint density at radius 2 is 1.38 bits per heavy atom. The molecule has 0 N–H and O–H groups in total. The average Bonchev–Trinajstić information content (AvgIpc) is 2.93. The van der Waals surface area contributed by atoms with Crippen LogP contribution in [-0.2, 0) is 0 Å². The highest BCUT2D eigenvalue weighted by Crippen LogP contribution is 2.32. The predicted molar refractivity (Wildman–Crippen MR) is 152 cm³/mol. The minimum absolute atomic E-state index is 0.374. The second-order valence-corrected chi connectivity index (χ2v) is 10.4. The molecule has 0 unspecified atom stereocenters. The van der Waals surface area contributed by atoms with Crippen LogP contribution >= 0.6 is 0 Å². The smallest absolute Gasteiger partial charge is 0.343 e. The fourth-order valence-corrected chi connectivity index (χ4v) is 4.98. The van der Waals surface area contributed by atoms with E-state index in [0.717, 1.165) is 36.9 Å². The van der Waals surface area contributed by atoms with Crippen molar-refractivity contribution in [1.29, 1.82) is 0 Å². The van der Waals surface area contributed by atoms with Gasteiger partial charge < -0.3 is 14.2 Å². The summed E-state index contributed by atoms with van der Waals surface area (Å²) in [4.78, 5) is 12.5. The molecule has 0 aromatic heterocycles. The number of hydrogen-bond acceptors (Lipinski definition) is 4. The summed E-state index contributed by atoms with van der Waals surface area (Å²) in [6.07, 6.45) is 18.3. The Bertz CT molecular complexity index is 895. The maximum Gasteiger partial charge on any atom is 0.343 e. The second-order valence-electron chi connectivity index (χ2n) is 10.4. The van der Waals surface area contributed by atoms with E-state index in [1.54, 1.807) is 24.3 Å². The van der Waals surface area contributed by atoms with Crippen molar-refractivity contribution < 1.29 is 19.0 Å². The summed E-state index contributed by atoms with van der Waals surface area (Å²) in [6.45, 7) is 7.51. The molecule has 1 saturated carbocycles. The van der Waals surface area contributed by atoms with E-state index >= 15 is 0 Å². The van der Waals surface area contributed by atoms with Gasteiger partial charge in [-0.3, -0.25) is 0 Å². The Morgan fingerprint density at radius 3 is 2.08 bits per heavy atom. The van der Waals surface area contributed by atoms with E-state index in [1.165, 1.54) is 70.6 Å². The molecule has 0 atom stereocenters. The number of carbonyl (C=O) groups is 1. The van der Waals surface area contributed by atoms with E-state index in [9.17, 15) is 4.79 Å². The lowest BCUT2D eigenvalue weighted by Gasteiger charge is -2.28. The zero-order valence-electron chi connectivity index (χ0n) is 22.8. The number of unbranched alkanes of at least 4 members (excludes halogenated alkanes) is 6. The Balaban J connectivity index is 1.33. The SMILES string of the molecule is C=CCCC[C@H]1CC[C@H](COc2ccc(OC(=O)c3ccc(OCCCCCCCC)cc3)cc2)CC1. The standard InChI is InChI=1S/C33H46O4/c1-3-5-7-8-9-11-25-35-30-19-17-29(18-20-30)33(34)37-32-23-21-31(22-24-32)36-26-28-15-13-27(14-16-28)12-10-6-4-2/h4,17-24,27-28H,2-3,5-16,25-26H2,1H3/t27-,28-. The molecule has 0 amide bonds. The van der Waals surface area contributed by atoms with Gasteiger partial charge in [-0.05, 0) is 92.5 Å². The van der Waals surface area contributed by atoms with E-state index in [1.807, 2.05) is 30.3 Å². The quantitative estimate of drug-likeness (QED) is 0.0928. The summed E-state index contributed by atoms with van der Waals surface area (Å²) < 4.78 is 17.4. The van der Waals surface area contributed by atoms with Gasteiger partial charge >= 0.3 is 5.97 Å². The Labute approximate surface area is 224 Å². The summed E-state index contributed by atoms with van der Waals surface area (Å²) >= 11 is 0. The first-order valence-electron chi connectivity index (χ1n) is 14.5. The Kier molecular flexibility index (Phi) is 13.2. The highest BCUT2D eigenvalue weighted by atomic mass is 16.5. The molecule has 0 saturated heterocycles. The van der Waals surface area contributed by atoms with Gasteiger partial charge in [-0.1, -0.05) is 64.4 Å². The average molecular weight is 507 g/mol. The molecule has 0 aliphatic heterocycles. The lowest BCUT2D eigenvalue weighted by atomic mass is 9.80. The molecule has 0 spiro atoms. The molecule has 1 aliphatic rings. The van der Waals surface area contributed by atoms with Crippen LogP contribution in [0, 0.1) is 11.8 Å². The van der Waals surface area contributed by atoms with E-state index in [0.29, 0.717) is 23.8 Å². The molecule has 3 rings (SSSR count). The first-order chi connectivity index (χ1) is 18.2. The third-order valence-electron chi connectivity index (χ3n) is 7.36. The third kappa shape index (κ3) is 11.0. The van der Waals surface area contributed by atoms with Gasteiger partial charge in [-0.15, -0.1) is 6.58 Å². The molecule has 2 aromatic carbocycles. The lowest BCUT2D eigenvalue weighted by molar-refractivity contribution is 0.0734. The number of benzene rings is 2. The van der Waals surface area contributed by atoms with Gasteiger partial charge in [-0.25, -0.2) is 4.79 Å². The number of ether oxygens (including phenoxy) is 3. The van der Waals surface area contributed by atoms with Crippen molar-refractivity contribution in [2.75, 3.05) is 13.2 Å². The van der Waals surface area contributed by atoms with Gasteiger partial charge in [0.1, 0.15) is 17.2 Å². The number of carbonyl (C=O) groups excluding carboxylic acids is 1. The minimum atomic E-state index is -0.374. The largest absolute Gasteiger partial charge is 0.494 e. The van der Waals surface area contributed by atoms with E-state index in [-0.39, 0.29) is 5.97 Å². The van der Waals surface area contributed by atoms with Crippen LogP contribution in [0.25, 0.3) is 0 Å². The number of hydrogen-bond donors (Lipinski definition) is 0. The molecular weight excluding hydrogens is 460 g/mol. The van der Waals surface area contributed by atoms with Crippen LogP contribution in [0.3, 0.4) is 0 Å². The number of esters is 1. The monoisotopic (exact) mass is 506 g/mol. The molecule has 4 heteroatoms. The molecular formula is C33H46O4. The Hall–Kier alpha value is -2.75. The van der Waals surface area contributed by atoms with Crippen molar-refractivity contribution in [3.63, 3.8) is 0 Å². The van der Waals surface area contributed by atoms with Gasteiger partial charge in [0.25, 0.3) is 0 Å². The van der Waals surface area contributed by atoms with E-state index in [4.69, 9.17) is 14.2 Å². The molecule has 0 radical (unpaired) electrons. The van der Waals surface area contributed by atoms with Crippen LogP contribution in [0.15, 0.2) is 61.2 Å². The van der Waals surface area contributed by atoms with Crippen molar-refractivity contribution in [3.05, 3.63) is 66.7 Å². The van der Waals surface area contributed by atoms with Crippen LogP contribution in [0.1, 0.15) is 101 Å². The van der Waals surface area contributed by atoms with Crippen molar-refractivity contribution in [3.8, 4) is 17.2 Å². The fraction of sp³-hybridized carbons (Fsp3) is 0.545. The summed E-state index contributed by atoms with van der Waals surface area (Å²) in [7, 11) is 0. The van der Waals surface area contributed by atoms with Crippen molar-refractivity contribution in [2.45, 2.75) is 90.4 Å². The van der Waals surface area contributed by atoms with Gasteiger partial charge in [0.15, 0.2) is 0 Å². The van der Waals surface area contributed by atoms with Crippen LogP contribution in [0.5, 0.6) is 17.2 Å². The molecule has 4 nitrogen and oxygen atoms in total. The summed E-state index contributed by atoms with van der Waals surface area (Å²) in [6, 6.07) is 14.5. The zero-order valence-corrected chi connectivity index (χ0v) is 22.8. The van der Waals surface area contributed by atoms with Gasteiger partial charge in [0.05, 0.1) is 18.8 Å². The highest BCUT2D eigenvalue weighted by Gasteiger charge is 2.21. The Morgan fingerprint density at radius 1 is 0.784 bits per heavy atom. The third-order valence-corrected chi connectivity index (χ3v) is 7.36. The van der Waals surface area contributed by atoms with Gasteiger partial charge in [-0.2, -0.15) is 0 Å². The molecule has 0 bridgehead atoms. The molecule has 37 heavy (non-hydrogen) atoms. The predicted octanol–water partition coefficient (Wildman–Crippen LogP) is 9.19. The summed E-state index contributed by atoms with van der Waals surface area (Å²) in [5.74, 6) is 3.25. The van der Waals surface area contributed by atoms with E-state index in [2.05, 4.69) is 13.5 Å². The van der Waals surface area contributed by atoms with Crippen LogP contribution in [0.4, 0.5) is 0 Å². The highest BCUT2D eigenvalue weighted by molar-refractivity contribution is 5.91. The molecule has 0 heterocycles. The number of allylic oxidation sites excluding steroid dienone is 1. The first-order valence-corrected chi connectivity index (χ1v) is 14.5. The normalized spacial score (nSPS) is 17.2. The first kappa shape index (κ1) is 28.8. The molecule has 202 valence electrons. The maximum atomic E-state index is 12.5. The maximum absolute atomic E-state index is 12.5. The van der Waals surface area contributed by atoms with Gasteiger partial charge in [0.2, 0.25) is 0 Å². The van der Waals surface area contributed by atoms with E-state index < -0.39 is 0 Å². The molecule has 2 aromatic rings. The summed E-state index contributed by atoms with van der Waals surface area (Å²) in [5.41, 5.74) is 0.507. The topological polar surface area (TPSA) is 44.8 Å². The van der Waals surface area contributed by atoms with Gasteiger partial charge in [0, 0.05) is 0 Å². The van der Waals surface area contributed by atoms with Crippen molar-refractivity contribution in [1.82, 2.24) is 0 Å². The van der Waals surface area contributed by atoms with Crippen molar-refractivity contribution >= 4 is 5.97 Å². The summed E-state index contributed by atoms with van der Waals surface area (Å²) in [5, 5.41) is 0. The fourth-order valence-electron chi connectivity index (χ4n) is 4.98. The second kappa shape index (κ2) is 16.9. The zero-order chi connectivity index (χ0) is 26.1. The lowest BCUT2D eigenvalue weighted by Crippen LogP contribution is -2.20. The van der Waals surface area contributed by atoms with Crippen LogP contribution in [-0.4, -0.2) is 19.2 Å². The molecule has 1 aliphatic carbocycles. The number of rotatable bonds is 17. The van der Waals surface area contributed by atoms with Crippen molar-refractivity contribution in [2.24, 2.45) is 11.8 Å².